The molecule has 0 spiro atoms. The maximum absolute atomic E-state index is 12.1. The molecule has 2 rings (SSSR count). The first kappa shape index (κ1) is 15.9. The van der Waals surface area contributed by atoms with Crippen molar-refractivity contribution < 1.29 is 14.3 Å². The highest BCUT2D eigenvalue weighted by Crippen LogP contribution is 2.18. The van der Waals surface area contributed by atoms with Crippen molar-refractivity contribution in [3.8, 4) is 11.6 Å². The Morgan fingerprint density at radius 1 is 1.14 bits per heavy atom. The van der Waals surface area contributed by atoms with E-state index < -0.39 is 12.1 Å². The Balaban J connectivity index is 2.10. The number of benzene rings is 1. The third kappa shape index (κ3) is 3.81. The van der Waals surface area contributed by atoms with E-state index in [1.807, 2.05) is 26.8 Å². The second-order valence-electron chi connectivity index (χ2n) is 4.99. The molecule has 1 unspecified atom stereocenters. The van der Waals surface area contributed by atoms with Gasteiger partial charge in [0.2, 0.25) is 5.88 Å². The molecule has 116 valence electrons. The smallest absolute Gasteiger partial charge is 0.352 e. The average Bonchev–Trinajstić information content (AvgIpc) is 2.51. The normalized spacial score (nSPS) is 11.8. The van der Waals surface area contributed by atoms with Gasteiger partial charge in [-0.25, -0.2) is 9.78 Å². The van der Waals surface area contributed by atoms with Gasteiger partial charge in [-0.15, -0.1) is 0 Å². The van der Waals surface area contributed by atoms with Crippen molar-refractivity contribution in [2.75, 3.05) is 0 Å². The van der Waals surface area contributed by atoms with Crippen LogP contribution in [0.2, 0.25) is 0 Å². The van der Waals surface area contributed by atoms with E-state index in [0.717, 1.165) is 17.1 Å². The molecule has 0 aliphatic heterocycles. The minimum absolute atomic E-state index is 0.392. The first-order chi connectivity index (χ1) is 10.5. The highest BCUT2D eigenvalue weighted by Gasteiger charge is 2.20. The molecular weight excluding hydrogens is 280 g/mol. The van der Waals surface area contributed by atoms with E-state index in [0.29, 0.717) is 18.1 Å². The van der Waals surface area contributed by atoms with Crippen molar-refractivity contribution in [1.29, 1.82) is 0 Å². The Morgan fingerprint density at radius 3 is 2.41 bits per heavy atom. The molecule has 1 aromatic carbocycles. The molecule has 0 radical (unpaired) electrons. The number of para-hydroxylation sites is 1. The second kappa shape index (κ2) is 7.02. The van der Waals surface area contributed by atoms with Crippen LogP contribution in [0, 0.1) is 13.8 Å². The zero-order valence-corrected chi connectivity index (χ0v) is 13.3. The number of aromatic nitrogens is 2. The van der Waals surface area contributed by atoms with Gasteiger partial charge in [0, 0.05) is 0 Å². The van der Waals surface area contributed by atoms with Gasteiger partial charge in [0.05, 0.1) is 11.4 Å². The molecule has 0 bridgehead atoms. The van der Waals surface area contributed by atoms with Gasteiger partial charge in [0.15, 0.2) is 6.10 Å². The van der Waals surface area contributed by atoms with Crippen LogP contribution in [-0.4, -0.2) is 22.0 Å². The molecular formula is C17H20N2O3. The third-order valence-electron chi connectivity index (χ3n) is 3.26. The number of ether oxygens (including phenoxy) is 2. The molecule has 0 fully saturated rings. The quantitative estimate of drug-likeness (QED) is 0.627. The molecule has 0 amide bonds. The van der Waals surface area contributed by atoms with E-state index in [9.17, 15) is 4.79 Å². The third-order valence-corrected chi connectivity index (χ3v) is 3.26. The number of hydrogen-bond donors (Lipinski definition) is 0. The first-order valence-electron chi connectivity index (χ1n) is 7.28. The van der Waals surface area contributed by atoms with Gasteiger partial charge in [0.1, 0.15) is 11.4 Å². The van der Waals surface area contributed by atoms with Crippen LogP contribution in [-0.2, 0) is 11.2 Å². The molecule has 1 aromatic heterocycles. The Morgan fingerprint density at radius 2 is 1.77 bits per heavy atom. The zero-order valence-electron chi connectivity index (χ0n) is 13.3. The summed E-state index contributed by atoms with van der Waals surface area (Å²) >= 11 is 0. The van der Waals surface area contributed by atoms with E-state index in [2.05, 4.69) is 9.97 Å². The number of aryl methyl sites for hydroxylation is 3. The Kier molecular flexibility index (Phi) is 5.09. The van der Waals surface area contributed by atoms with Gasteiger partial charge in [-0.3, -0.25) is 4.98 Å². The van der Waals surface area contributed by atoms with Gasteiger partial charge in [-0.1, -0.05) is 25.1 Å². The Bertz CT molecular complexity index is 656. The van der Waals surface area contributed by atoms with Gasteiger partial charge in [-0.05, 0) is 39.3 Å². The van der Waals surface area contributed by atoms with Gasteiger partial charge in [0.25, 0.3) is 0 Å². The molecule has 0 aliphatic rings. The van der Waals surface area contributed by atoms with E-state index in [1.54, 1.807) is 31.2 Å². The monoisotopic (exact) mass is 300 g/mol. The fraction of sp³-hybridized carbons (Fsp3) is 0.353. The lowest BCUT2D eigenvalue weighted by atomic mass is 10.3. The first-order valence-corrected chi connectivity index (χ1v) is 7.28. The van der Waals surface area contributed by atoms with Crippen molar-refractivity contribution in [3.05, 3.63) is 47.4 Å². The van der Waals surface area contributed by atoms with E-state index >= 15 is 0 Å². The van der Waals surface area contributed by atoms with Crippen molar-refractivity contribution in [3.63, 3.8) is 0 Å². The molecule has 0 N–H and O–H groups in total. The molecule has 22 heavy (non-hydrogen) atoms. The van der Waals surface area contributed by atoms with Crippen LogP contribution in [0.25, 0.3) is 0 Å². The average molecular weight is 300 g/mol. The minimum atomic E-state index is -0.762. The van der Waals surface area contributed by atoms with Crippen LogP contribution >= 0.6 is 0 Å². The summed E-state index contributed by atoms with van der Waals surface area (Å²) in [6.45, 7) is 7.38. The Hall–Kier alpha value is -2.43. The molecule has 1 atom stereocenters. The topological polar surface area (TPSA) is 61.3 Å². The number of nitrogens with zero attached hydrogens (tertiary/aromatic N) is 2. The number of rotatable bonds is 5. The lowest BCUT2D eigenvalue weighted by molar-refractivity contribution is -0.141. The summed E-state index contributed by atoms with van der Waals surface area (Å²) in [5.74, 6) is 0.418. The number of hydrogen-bond acceptors (Lipinski definition) is 5. The van der Waals surface area contributed by atoms with E-state index in [1.165, 1.54) is 0 Å². The van der Waals surface area contributed by atoms with Crippen molar-refractivity contribution >= 4 is 5.97 Å². The summed E-state index contributed by atoms with van der Waals surface area (Å²) in [5, 5.41) is 0. The molecule has 1 heterocycles. The lowest BCUT2D eigenvalue weighted by Crippen LogP contribution is -2.29. The summed E-state index contributed by atoms with van der Waals surface area (Å²) in [6, 6.07) is 8.90. The van der Waals surface area contributed by atoms with Crippen LogP contribution in [0.4, 0.5) is 0 Å². The summed E-state index contributed by atoms with van der Waals surface area (Å²) in [5.41, 5.74) is 2.39. The fourth-order valence-electron chi connectivity index (χ4n) is 1.86. The summed E-state index contributed by atoms with van der Waals surface area (Å²) in [7, 11) is 0. The van der Waals surface area contributed by atoms with Crippen molar-refractivity contribution in [1.82, 2.24) is 9.97 Å². The molecule has 2 aromatic rings. The van der Waals surface area contributed by atoms with Crippen molar-refractivity contribution in [2.45, 2.75) is 40.2 Å². The second-order valence-corrected chi connectivity index (χ2v) is 4.99. The zero-order chi connectivity index (χ0) is 16.1. The molecule has 0 saturated carbocycles. The number of carbonyl (C=O) groups excluding carboxylic acids is 1. The van der Waals surface area contributed by atoms with Crippen LogP contribution < -0.4 is 9.47 Å². The Labute approximate surface area is 130 Å². The fourth-order valence-corrected chi connectivity index (χ4v) is 1.86. The summed E-state index contributed by atoms with van der Waals surface area (Å²) in [6.07, 6.45) is -0.0777. The van der Waals surface area contributed by atoms with E-state index in [4.69, 9.17) is 9.47 Å². The molecule has 5 nitrogen and oxygen atoms in total. The lowest BCUT2D eigenvalue weighted by Gasteiger charge is -2.16. The minimum Gasteiger partial charge on any atom is -0.461 e. The highest BCUT2D eigenvalue weighted by molar-refractivity contribution is 5.77. The van der Waals surface area contributed by atoms with Gasteiger partial charge >= 0.3 is 5.97 Å². The largest absolute Gasteiger partial charge is 0.461 e. The maximum atomic E-state index is 12.1. The molecule has 0 saturated heterocycles. The maximum Gasteiger partial charge on any atom is 0.352 e. The number of carbonyl (C=O) groups is 1. The van der Waals surface area contributed by atoms with Gasteiger partial charge in [-0.2, -0.15) is 0 Å². The predicted molar refractivity (Wildman–Crippen MR) is 83.1 cm³/mol. The SMILES string of the molecule is CCc1nc(C)c(C)nc1OC(C)C(=O)Oc1ccccc1. The molecule has 0 aliphatic carbocycles. The number of esters is 1. The summed E-state index contributed by atoms with van der Waals surface area (Å²) in [4.78, 5) is 20.9. The summed E-state index contributed by atoms with van der Waals surface area (Å²) < 4.78 is 10.9. The molecule has 5 heteroatoms. The van der Waals surface area contributed by atoms with Crippen LogP contribution in [0.1, 0.15) is 30.9 Å². The predicted octanol–water partition coefficient (Wildman–Crippen LogP) is 3.03. The van der Waals surface area contributed by atoms with Crippen LogP contribution in [0.5, 0.6) is 11.6 Å². The highest BCUT2D eigenvalue weighted by atomic mass is 16.6. The van der Waals surface area contributed by atoms with Crippen LogP contribution in [0.3, 0.4) is 0 Å². The van der Waals surface area contributed by atoms with E-state index in [-0.39, 0.29) is 0 Å². The van der Waals surface area contributed by atoms with Crippen molar-refractivity contribution in [2.24, 2.45) is 0 Å². The standard InChI is InChI=1S/C17H20N2O3/c1-5-15-16(19-12(3)11(2)18-15)21-13(4)17(20)22-14-9-7-6-8-10-14/h6-10,13H,5H2,1-4H3. The van der Waals surface area contributed by atoms with Crippen LogP contribution in [0.15, 0.2) is 30.3 Å². The van der Waals surface area contributed by atoms with Gasteiger partial charge < -0.3 is 9.47 Å².